The maximum atomic E-state index is 13.3. The van der Waals surface area contributed by atoms with E-state index in [-0.39, 0.29) is 17.2 Å². The molecule has 6 nitrogen and oxygen atoms in total. The zero-order chi connectivity index (χ0) is 20.9. The molecule has 2 aliphatic rings. The van der Waals surface area contributed by atoms with Gasteiger partial charge in [-0.2, -0.15) is 18.3 Å². The second-order valence-electron chi connectivity index (χ2n) is 8.94. The largest absolute Gasteiger partial charge is 0.437 e. The quantitative estimate of drug-likeness (QED) is 0.763. The van der Waals surface area contributed by atoms with Gasteiger partial charge in [0.2, 0.25) is 0 Å². The van der Waals surface area contributed by atoms with Crippen LogP contribution >= 0.6 is 0 Å². The van der Waals surface area contributed by atoms with Crippen LogP contribution < -0.4 is 4.90 Å². The molecule has 0 amide bonds. The fourth-order valence-electron chi connectivity index (χ4n) is 4.49. The SMILES string of the molecule is CC(C)N1CCCC(C2CN(c3cnc4c(C(F)(F)F)nn(C(C)C)c4n3)C2)C1. The van der Waals surface area contributed by atoms with Gasteiger partial charge in [-0.05, 0) is 58.9 Å². The third kappa shape index (κ3) is 3.81. The molecule has 0 N–H and O–H groups in total. The number of anilines is 1. The van der Waals surface area contributed by atoms with E-state index in [1.54, 1.807) is 13.8 Å². The van der Waals surface area contributed by atoms with Crippen molar-refractivity contribution in [3.63, 3.8) is 0 Å². The van der Waals surface area contributed by atoms with Gasteiger partial charge in [0.25, 0.3) is 0 Å². The lowest BCUT2D eigenvalue weighted by Crippen LogP contribution is -2.54. The fourth-order valence-corrected chi connectivity index (χ4v) is 4.49. The van der Waals surface area contributed by atoms with Crippen molar-refractivity contribution >= 4 is 17.0 Å². The number of fused-ring (bicyclic) bond motifs is 1. The summed E-state index contributed by atoms with van der Waals surface area (Å²) in [6, 6.07) is 0.341. The van der Waals surface area contributed by atoms with Crippen molar-refractivity contribution in [1.82, 2.24) is 24.6 Å². The summed E-state index contributed by atoms with van der Waals surface area (Å²) in [4.78, 5) is 13.3. The summed E-state index contributed by atoms with van der Waals surface area (Å²) in [5, 5.41) is 3.76. The molecule has 2 saturated heterocycles. The lowest BCUT2D eigenvalue weighted by atomic mass is 9.80. The van der Waals surface area contributed by atoms with Crippen LogP contribution in [0.5, 0.6) is 0 Å². The van der Waals surface area contributed by atoms with Crippen LogP contribution in [0.4, 0.5) is 19.0 Å². The highest BCUT2D eigenvalue weighted by Gasteiger charge is 2.40. The maximum absolute atomic E-state index is 13.3. The second kappa shape index (κ2) is 7.41. The number of nitrogens with zero attached hydrogens (tertiary/aromatic N) is 6. The van der Waals surface area contributed by atoms with Crippen LogP contribution in [0.25, 0.3) is 11.2 Å². The van der Waals surface area contributed by atoms with Gasteiger partial charge in [0.1, 0.15) is 11.3 Å². The molecule has 4 heterocycles. The summed E-state index contributed by atoms with van der Waals surface area (Å²) in [6.07, 6.45) is -0.596. The van der Waals surface area contributed by atoms with Gasteiger partial charge in [-0.1, -0.05) is 0 Å². The molecule has 9 heteroatoms. The highest BCUT2D eigenvalue weighted by atomic mass is 19.4. The Balaban J connectivity index is 1.52. The van der Waals surface area contributed by atoms with E-state index in [1.165, 1.54) is 30.3 Å². The van der Waals surface area contributed by atoms with Gasteiger partial charge in [0, 0.05) is 31.7 Å². The molecule has 29 heavy (non-hydrogen) atoms. The Morgan fingerprint density at radius 1 is 1.03 bits per heavy atom. The Kier molecular flexibility index (Phi) is 5.21. The van der Waals surface area contributed by atoms with E-state index in [2.05, 4.69) is 38.7 Å². The smallest absolute Gasteiger partial charge is 0.355 e. The van der Waals surface area contributed by atoms with Crippen LogP contribution in [-0.2, 0) is 6.18 Å². The Bertz CT molecular complexity index is 869. The molecule has 0 aliphatic carbocycles. The Hall–Kier alpha value is -1.90. The highest BCUT2D eigenvalue weighted by molar-refractivity contribution is 5.76. The van der Waals surface area contributed by atoms with Gasteiger partial charge < -0.3 is 9.80 Å². The number of aromatic nitrogens is 4. The summed E-state index contributed by atoms with van der Waals surface area (Å²) in [5.41, 5.74) is -0.929. The van der Waals surface area contributed by atoms with E-state index < -0.39 is 11.9 Å². The van der Waals surface area contributed by atoms with Gasteiger partial charge in [-0.25, -0.2) is 14.6 Å². The third-order valence-corrected chi connectivity index (χ3v) is 6.27. The first-order chi connectivity index (χ1) is 13.6. The van der Waals surface area contributed by atoms with Crippen molar-refractivity contribution in [3.8, 4) is 0 Å². The number of hydrogen-bond donors (Lipinski definition) is 0. The highest BCUT2D eigenvalue weighted by Crippen LogP contribution is 2.36. The summed E-state index contributed by atoms with van der Waals surface area (Å²) in [5.74, 6) is 1.92. The van der Waals surface area contributed by atoms with Crippen molar-refractivity contribution in [2.24, 2.45) is 11.8 Å². The molecule has 0 radical (unpaired) electrons. The zero-order valence-corrected chi connectivity index (χ0v) is 17.4. The third-order valence-electron chi connectivity index (χ3n) is 6.27. The van der Waals surface area contributed by atoms with Crippen LogP contribution in [0.2, 0.25) is 0 Å². The number of hydrogen-bond acceptors (Lipinski definition) is 5. The summed E-state index contributed by atoms with van der Waals surface area (Å²) in [6.45, 7) is 12.2. The van der Waals surface area contributed by atoms with Crippen LogP contribution in [0.3, 0.4) is 0 Å². The molecule has 0 saturated carbocycles. The predicted octanol–water partition coefficient (Wildman–Crippen LogP) is 3.98. The van der Waals surface area contributed by atoms with E-state index in [4.69, 9.17) is 0 Å². The van der Waals surface area contributed by atoms with E-state index in [0.29, 0.717) is 23.7 Å². The average molecular weight is 410 g/mol. The molecule has 0 aromatic carbocycles. The topological polar surface area (TPSA) is 50.1 Å². The zero-order valence-electron chi connectivity index (χ0n) is 17.4. The molecular weight excluding hydrogens is 381 g/mol. The van der Waals surface area contributed by atoms with Crippen molar-refractivity contribution in [2.75, 3.05) is 31.1 Å². The second-order valence-corrected chi connectivity index (χ2v) is 8.94. The molecule has 4 rings (SSSR count). The number of alkyl halides is 3. The van der Waals surface area contributed by atoms with Crippen LogP contribution in [-0.4, -0.2) is 56.9 Å². The molecule has 2 fully saturated rings. The van der Waals surface area contributed by atoms with Crippen LogP contribution in [0.1, 0.15) is 52.3 Å². The number of halogens is 3. The molecule has 0 bridgehead atoms. The summed E-state index contributed by atoms with van der Waals surface area (Å²) < 4.78 is 41.3. The molecule has 1 atom stereocenters. The Morgan fingerprint density at radius 2 is 1.76 bits per heavy atom. The van der Waals surface area contributed by atoms with Gasteiger partial charge in [0.05, 0.1) is 6.20 Å². The van der Waals surface area contributed by atoms with E-state index in [0.717, 1.165) is 19.6 Å². The van der Waals surface area contributed by atoms with E-state index in [1.807, 2.05) is 0 Å². The number of likely N-dealkylation sites (tertiary alicyclic amines) is 1. The van der Waals surface area contributed by atoms with Gasteiger partial charge in [0.15, 0.2) is 11.3 Å². The van der Waals surface area contributed by atoms with Crippen molar-refractivity contribution in [2.45, 2.75) is 58.8 Å². The monoisotopic (exact) mass is 410 g/mol. The lowest BCUT2D eigenvalue weighted by molar-refractivity contribution is -0.140. The fraction of sp³-hybridized carbons (Fsp3) is 0.750. The summed E-state index contributed by atoms with van der Waals surface area (Å²) in [7, 11) is 0. The Morgan fingerprint density at radius 3 is 2.38 bits per heavy atom. The molecular formula is C20H29F3N6. The molecule has 2 aromatic rings. The first-order valence-corrected chi connectivity index (χ1v) is 10.5. The minimum absolute atomic E-state index is 0.174. The number of rotatable bonds is 4. The van der Waals surface area contributed by atoms with Crippen LogP contribution in [0, 0.1) is 11.8 Å². The van der Waals surface area contributed by atoms with Crippen molar-refractivity contribution in [1.29, 1.82) is 0 Å². The van der Waals surface area contributed by atoms with Gasteiger partial charge in [-0.15, -0.1) is 0 Å². The summed E-state index contributed by atoms with van der Waals surface area (Å²) >= 11 is 0. The molecule has 160 valence electrons. The van der Waals surface area contributed by atoms with Gasteiger partial charge in [-0.3, -0.25) is 0 Å². The molecule has 2 aliphatic heterocycles. The molecule has 2 aromatic heterocycles. The predicted molar refractivity (Wildman–Crippen MR) is 106 cm³/mol. The molecule has 0 spiro atoms. The van der Waals surface area contributed by atoms with Crippen molar-refractivity contribution < 1.29 is 13.2 Å². The van der Waals surface area contributed by atoms with Gasteiger partial charge >= 0.3 is 6.18 Å². The maximum Gasteiger partial charge on any atom is 0.437 e. The van der Waals surface area contributed by atoms with Crippen LogP contribution in [0.15, 0.2) is 6.20 Å². The standard InChI is InChI=1S/C20H29F3N6/c1-12(2)27-7-5-6-14(9-27)15-10-28(11-15)16-8-24-17-18(20(21,22)23)26-29(13(3)4)19(17)25-16/h8,12-15H,5-7,9-11H2,1-4H3. The minimum Gasteiger partial charge on any atom is -0.355 e. The number of piperidine rings is 1. The first-order valence-electron chi connectivity index (χ1n) is 10.5. The Labute approximate surface area is 169 Å². The van der Waals surface area contributed by atoms with Crippen molar-refractivity contribution in [3.05, 3.63) is 11.9 Å². The lowest BCUT2D eigenvalue weighted by Gasteiger charge is -2.47. The van der Waals surface area contributed by atoms with E-state index in [9.17, 15) is 13.2 Å². The minimum atomic E-state index is -4.54. The average Bonchev–Trinajstić information content (AvgIpc) is 3.00. The molecule has 1 unspecified atom stereocenters. The normalized spacial score (nSPS) is 22.1. The van der Waals surface area contributed by atoms with E-state index >= 15 is 0 Å². The first kappa shape index (κ1) is 20.4.